The van der Waals surface area contributed by atoms with Crippen molar-refractivity contribution < 1.29 is 5.11 Å². The molecule has 1 rings (SSSR count). The Morgan fingerprint density at radius 3 is 2.64 bits per heavy atom. The molecule has 1 nitrogen and oxygen atoms in total. The van der Waals surface area contributed by atoms with Crippen molar-refractivity contribution >= 4 is 0 Å². The minimum absolute atomic E-state index is 0.133. The Morgan fingerprint density at radius 1 is 1.45 bits per heavy atom. The SMILES string of the molecule is CC(C)[C@@H](O)C1C=CCCC1. The van der Waals surface area contributed by atoms with E-state index in [1.54, 1.807) is 0 Å². The second kappa shape index (κ2) is 3.91. The smallest absolute Gasteiger partial charge is 0.0625 e. The summed E-state index contributed by atoms with van der Waals surface area (Å²) in [6.07, 6.45) is 7.84. The molecular weight excluding hydrogens is 136 g/mol. The Bertz CT molecular complexity index is 138. The zero-order chi connectivity index (χ0) is 8.27. The third-order valence-corrected chi connectivity index (χ3v) is 2.41. The molecule has 1 unspecified atom stereocenters. The Balaban J connectivity index is 2.45. The molecule has 0 heterocycles. The highest BCUT2D eigenvalue weighted by molar-refractivity contribution is 4.96. The summed E-state index contributed by atoms with van der Waals surface area (Å²) < 4.78 is 0. The fourth-order valence-corrected chi connectivity index (χ4v) is 1.62. The standard InChI is InChI=1S/C10H18O/c1-8(2)10(11)9-6-4-3-5-7-9/h4,6,8-11H,3,5,7H2,1-2H3/t9?,10-/m1/s1. The van der Waals surface area contributed by atoms with Gasteiger partial charge in [-0.15, -0.1) is 0 Å². The molecule has 0 aromatic carbocycles. The molecule has 1 N–H and O–H groups in total. The van der Waals surface area contributed by atoms with Gasteiger partial charge in [0, 0.05) is 5.92 Å². The van der Waals surface area contributed by atoms with E-state index in [1.807, 2.05) is 0 Å². The Morgan fingerprint density at radius 2 is 2.18 bits per heavy atom. The van der Waals surface area contributed by atoms with E-state index in [4.69, 9.17) is 0 Å². The topological polar surface area (TPSA) is 20.2 Å². The summed E-state index contributed by atoms with van der Waals surface area (Å²) in [6, 6.07) is 0. The van der Waals surface area contributed by atoms with Crippen LogP contribution in [0.2, 0.25) is 0 Å². The average Bonchev–Trinajstić information content (AvgIpc) is 2.05. The Kier molecular flexibility index (Phi) is 3.13. The molecule has 0 aliphatic heterocycles. The molecule has 1 heteroatoms. The first-order valence-corrected chi connectivity index (χ1v) is 4.56. The molecule has 2 atom stereocenters. The lowest BCUT2D eigenvalue weighted by molar-refractivity contribution is 0.0780. The van der Waals surface area contributed by atoms with Crippen LogP contribution in [0, 0.1) is 11.8 Å². The van der Waals surface area contributed by atoms with Crippen LogP contribution in [0.3, 0.4) is 0 Å². The summed E-state index contributed by atoms with van der Waals surface area (Å²) in [4.78, 5) is 0. The van der Waals surface area contributed by atoms with Crippen LogP contribution >= 0.6 is 0 Å². The van der Waals surface area contributed by atoms with Gasteiger partial charge in [0.15, 0.2) is 0 Å². The maximum Gasteiger partial charge on any atom is 0.0625 e. The lowest BCUT2D eigenvalue weighted by Gasteiger charge is -2.24. The van der Waals surface area contributed by atoms with Crippen molar-refractivity contribution in [3.05, 3.63) is 12.2 Å². The zero-order valence-corrected chi connectivity index (χ0v) is 7.46. The molecule has 0 saturated heterocycles. The van der Waals surface area contributed by atoms with Crippen LogP contribution in [-0.2, 0) is 0 Å². The van der Waals surface area contributed by atoms with Crippen molar-refractivity contribution in [1.82, 2.24) is 0 Å². The third-order valence-electron chi connectivity index (χ3n) is 2.41. The lowest BCUT2D eigenvalue weighted by Crippen LogP contribution is -2.25. The van der Waals surface area contributed by atoms with E-state index in [0.29, 0.717) is 11.8 Å². The van der Waals surface area contributed by atoms with E-state index in [9.17, 15) is 5.11 Å². The largest absolute Gasteiger partial charge is 0.392 e. The molecule has 1 aliphatic carbocycles. The first-order chi connectivity index (χ1) is 5.22. The third kappa shape index (κ3) is 2.33. The summed E-state index contributed by atoms with van der Waals surface area (Å²) in [7, 11) is 0. The van der Waals surface area contributed by atoms with Crippen LogP contribution in [-0.4, -0.2) is 11.2 Å². The van der Waals surface area contributed by atoms with E-state index >= 15 is 0 Å². The van der Waals surface area contributed by atoms with Crippen LogP contribution in [0.5, 0.6) is 0 Å². The molecule has 0 bridgehead atoms. The summed E-state index contributed by atoms with van der Waals surface area (Å²) in [5, 5.41) is 9.70. The number of aliphatic hydroxyl groups excluding tert-OH is 1. The van der Waals surface area contributed by atoms with Gasteiger partial charge in [-0.1, -0.05) is 26.0 Å². The van der Waals surface area contributed by atoms with Crippen molar-refractivity contribution in [1.29, 1.82) is 0 Å². The first-order valence-electron chi connectivity index (χ1n) is 4.56. The zero-order valence-electron chi connectivity index (χ0n) is 7.46. The van der Waals surface area contributed by atoms with Gasteiger partial charge in [-0.3, -0.25) is 0 Å². The fourth-order valence-electron chi connectivity index (χ4n) is 1.62. The van der Waals surface area contributed by atoms with E-state index in [1.165, 1.54) is 12.8 Å². The highest BCUT2D eigenvalue weighted by atomic mass is 16.3. The number of hydrogen-bond donors (Lipinski definition) is 1. The second-order valence-corrected chi connectivity index (χ2v) is 3.76. The predicted molar refractivity (Wildman–Crippen MR) is 47.3 cm³/mol. The molecule has 0 radical (unpaired) electrons. The van der Waals surface area contributed by atoms with Crippen LogP contribution in [0.15, 0.2) is 12.2 Å². The number of rotatable bonds is 2. The molecule has 64 valence electrons. The molecule has 1 aliphatic rings. The number of allylic oxidation sites excluding steroid dienone is 1. The summed E-state index contributed by atoms with van der Waals surface area (Å²) in [6.45, 7) is 4.15. The Hall–Kier alpha value is -0.300. The van der Waals surface area contributed by atoms with E-state index < -0.39 is 0 Å². The van der Waals surface area contributed by atoms with Crippen LogP contribution in [0.4, 0.5) is 0 Å². The van der Waals surface area contributed by atoms with Gasteiger partial charge in [-0.2, -0.15) is 0 Å². The van der Waals surface area contributed by atoms with Gasteiger partial charge in [0.2, 0.25) is 0 Å². The van der Waals surface area contributed by atoms with Gasteiger partial charge in [0.25, 0.3) is 0 Å². The van der Waals surface area contributed by atoms with Crippen molar-refractivity contribution in [3.8, 4) is 0 Å². The summed E-state index contributed by atoms with van der Waals surface area (Å²) in [5.74, 6) is 0.812. The molecule has 0 spiro atoms. The molecule has 0 amide bonds. The van der Waals surface area contributed by atoms with E-state index in [2.05, 4.69) is 26.0 Å². The molecule has 0 aromatic heterocycles. The molecule has 0 fully saturated rings. The number of aliphatic hydroxyl groups is 1. The van der Waals surface area contributed by atoms with Crippen molar-refractivity contribution in [3.63, 3.8) is 0 Å². The van der Waals surface area contributed by atoms with Crippen LogP contribution < -0.4 is 0 Å². The molecule has 0 aromatic rings. The quantitative estimate of drug-likeness (QED) is 0.605. The summed E-state index contributed by atoms with van der Waals surface area (Å²) >= 11 is 0. The second-order valence-electron chi connectivity index (χ2n) is 3.76. The van der Waals surface area contributed by atoms with Crippen LogP contribution in [0.1, 0.15) is 33.1 Å². The fraction of sp³-hybridized carbons (Fsp3) is 0.800. The van der Waals surface area contributed by atoms with Gasteiger partial charge in [0.05, 0.1) is 6.10 Å². The minimum Gasteiger partial charge on any atom is -0.392 e. The highest BCUT2D eigenvalue weighted by Crippen LogP contribution is 2.23. The molecule has 0 saturated carbocycles. The molecule has 11 heavy (non-hydrogen) atoms. The van der Waals surface area contributed by atoms with Crippen molar-refractivity contribution in [2.75, 3.05) is 0 Å². The first kappa shape index (κ1) is 8.79. The monoisotopic (exact) mass is 154 g/mol. The average molecular weight is 154 g/mol. The van der Waals surface area contributed by atoms with Gasteiger partial charge in [-0.05, 0) is 25.2 Å². The summed E-state index contributed by atoms with van der Waals surface area (Å²) in [5.41, 5.74) is 0. The Labute approximate surface area is 69.1 Å². The maximum atomic E-state index is 9.70. The van der Waals surface area contributed by atoms with Crippen molar-refractivity contribution in [2.24, 2.45) is 11.8 Å². The number of hydrogen-bond acceptors (Lipinski definition) is 1. The van der Waals surface area contributed by atoms with Crippen molar-refractivity contribution in [2.45, 2.75) is 39.2 Å². The normalized spacial score (nSPS) is 27.5. The minimum atomic E-state index is -0.133. The van der Waals surface area contributed by atoms with Gasteiger partial charge in [-0.25, -0.2) is 0 Å². The maximum absolute atomic E-state index is 9.70. The van der Waals surface area contributed by atoms with Gasteiger partial charge < -0.3 is 5.11 Å². The van der Waals surface area contributed by atoms with E-state index in [-0.39, 0.29) is 6.10 Å². The predicted octanol–water partition coefficient (Wildman–Crippen LogP) is 2.36. The highest BCUT2D eigenvalue weighted by Gasteiger charge is 2.20. The lowest BCUT2D eigenvalue weighted by atomic mass is 9.86. The van der Waals surface area contributed by atoms with Gasteiger partial charge >= 0.3 is 0 Å². The molecular formula is C10H18O. The van der Waals surface area contributed by atoms with E-state index in [0.717, 1.165) is 6.42 Å². The van der Waals surface area contributed by atoms with Crippen LogP contribution in [0.25, 0.3) is 0 Å². The van der Waals surface area contributed by atoms with Gasteiger partial charge in [0.1, 0.15) is 0 Å².